The van der Waals surface area contributed by atoms with Gasteiger partial charge in [0.25, 0.3) is 0 Å². The first-order valence-electron chi connectivity index (χ1n) is 5.07. The van der Waals surface area contributed by atoms with Crippen molar-refractivity contribution in [2.24, 2.45) is 5.73 Å². The molecular weight excluding hydrogens is 267 g/mol. The van der Waals surface area contributed by atoms with Gasteiger partial charge in [0.2, 0.25) is 5.88 Å². The summed E-state index contributed by atoms with van der Waals surface area (Å²) < 4.78 is 44.4. The van der Waals surface area contributed by atoms with Crippen molar-refractivity contribution in [2.45, 2.75) is 19.3 Å². The highest BCUT2D eigenvalue weighted by Gasteiger charge is 2.33. The van der Waals surface area contributed by atoms with Crippen LogP contribution in [0.15, 0.2) is 6.20 Å². The Labute approximate surface area is 106 Å². The number of hydrogen-bond acceptors (Lipinski definition) is 6. The van der Waals surface area contributed by atoms with E-state index in [0.717, 1.165) is 6.20 Å². The summed E-state index contributed by atoms with van der Waals surface area (Å²) in [5, 5.41) is 0. The topological polar surface area (TPSA) is 100 Å². The second-order valence-corrected chi connectivity index (χ2v) is 3.49. The number of nitrogens with zero attached hydrogens (tertiary/aromatic N) is 1. The third-order valence-corrected chi connectivity index (χ3v) is 2.26. The van der Waals surface area contributed by atoms with Gasteiger partial charge in [-0.05, 0) is 11.1 Å². The van der Waals surface area contributed by atoms with Crippen molar-refractivity contribution in [2.75, 3.05) is 12.8 Å². The molecule has 106 valence electrons. The monoisotopic (exact) mass is 279 g/mol. The SMILES string of the molecule is COC(=O)Cc1cnc(OC(F)(F)F)c(N)c1CN. The second-order valence-electron chi connectivity index (χ2n) is 3.49. The molecule has 0 radical (unpaired) electrons. The fourth-order valence-electron chi connectivity index (χ4n) is 1.40. The quantitative estimate of drug-likeness (QED) is 0.788. The van der Waals surface area contributed by atoms with Crippen LogP contribution in [0.25, 0.3) is 0 Å². The van der Waals surface area contributed by atoms with Gasteiger partial charge in [-0.1, -0.05) is 0 Å². The van der Waals surface area contributed by atoms with Crippen LogP contribution < -0.4 is 16.2 Å². The molecule has 0 saturated heterocycles. The zero-order chi connectivity index (χ0) is 14.6. The maximum absolute atomic E-state index is 12.1. The van der Waals surface area contributed by atoms with E-state index < -0.39 is 18.2 Å². The van der Waals surface area contributed by atoms with Crippen LogP contribution in [-0.4, -0.2) is 24.4 Å². The molecule has 1 heterocycles. The molecule has 0 atom stereocenters. The largest absolute Gasteiger partial charge is 0.574 e. The van der Waals surface area contributed by atoms with Crippen LogP contribution in [0.3, 0.4) is 0 Å². The van der Waals surface area contributed by atoms with E-state index >= 15 is 0 Å². The number of nitrogens with two attached hydrogens (primary N) is 2. The van der Waals surface area contributed by atoms with Crippen LogP contribution in [0, 0.1) is 0 Å². The van der Waals surface area contributed by atoms with Crippen LogP contribution in [0.1, 0.15) is 11.1 Å². The normalized spacial score (nSPS) is 11.2. The van der Waals surface area contributed by atoms with Crippen LogP contribution in [0.2, 0.25) is 0 Å². The molecule has 1 aromatic rings. The Bertz CT molecular complexity index is 477. The lowest BCUT2D eigenvalue weighted by atomic mass is 10.1. The van der Waals surface area contributed by atoms with Gasteiger partial charge in [0.05, 0.1) is 19.2 Å². The highest BCUT2D eigenvalue weighted by molar-refractivity contribution is 5.74. The highest BCUT2D eigenvalue weighted by Crippen LogP contribution is 2.30. The summed E-state index contributed by atoms with van der Waals surface area (Å²) in [6.07, 6.45) is -4.04. The molecule has 0 saturated carbocycles. The number of esters is 1. The first kappa shape index (κ1) is 15.0. The minimum Gasteiger partial charge on any atom is -0.469 e. The van der Waals surface area contributed by atoms with E-state index in [1.54, 1.807) is 0 Å². The van der Waals surface area contributed by atoms with Crippen molar-refractivity contribution in [1.29, 1.82) is 0 Å². The van der Waals surface area contributed by atoms with Crippen molar-refractivity contribution < 1.29 is 27.4 Å². The molecule has 0 spiro atoms. The Hall–Kier alpha value is -2.03. The third kappa shape index (κ3) is 3.98. The highest BCUT2D eigenvalue weighted by atomic mass is 19.4. The minimum absolute atomic E-state index is 0.158. The molecule has 0 aliphatic heterocycles. The molecule has 0 fully saturated rings. The first-order valence-corrected chi connectivity index (χ1v) is 5.07. The number of ether oxygens (including phenoxy) is 2. The molecule has 1 aromatic heterocycles. The van der Waals surface area contributed by atoms with Crippen molar-refractivity contribution in [1.82, 2.24) is 4.98 Å². The van der Waals surface area contributed by atoms with Gasteiger partial charge in [0, 0.05) is 12.7 Å². The lowest BCUT2D eigenvalue weighted by molar-refractivity contribution is -0.275. The zero-order valence-electron chi connectivity index (χ0n) is 9.95. The van der Waals surface area contributed by atoms with Crippen molar-refractivity contribution in [3.63, 3.8) is 0 Å². The summed E-state index contributed by atoms with van der Waals surface area (Å²) in [5.74, 6) is -1.37. The molecule has 4 N–H and O–H groups in total. The molecule has 0 unspecified atom stereocenters. The lowest BCUT2D eigenvalue weighted by Gasteiger charge is -2.14. The number of alkyl halides is 3. The molecule has 1 rings (SSSR count). The Morgan fingerprint density at radius 3 is 2.58 bits per heavy atom. The van der Waals surface area contributed by atoms with E-state index in [2.05, 4.69) is 14.5 Å². The summed E-state index contributed by atoms with van der Waals surface area (Å²) in [6, 6.07) is 0. The van der Waals surface area contributed by atoms with Gasteiger partial charge in [-0.25, -0.2) is 4.98 Å². The van der Waals surface area contributed by atoms with Gasteiger partial charge >= 0.3 is 12.3 Å². The number of methoxy groups -OCH3 is 1. The van der Waals surface area contributed by atoms with Gasteiger partial charge < -0.3 is 20.9 Å². The number of hydrogen-bond donors (Lipinski definition) is 2. The maximum atomic E-state index is 12.1. The average Bonchev–Trinajstić information content (AvgIpc) is 2.31. The molecule has 0 aromatic carbocycles. The Morgan fingerprint density at radius 1 is 1.47 bits per heavy atom. The lowest BCUT2D eigenvalue weighted by Crippen LogP contribution is -2.20. The van der Waals surface area contributed by atoms with E-state index in [-0.39, 0.29) is 24.2 Å². The summed E-state index contributed by atoms with van der Waals surface area (Å²) in [4.78, 5) is 14.6. The summed E-state index contributed by atoms with van der Waals surface area (Å²) in [6.45, 7) is -0.158. The fraction of sp³-hybridized carbons (Fsp3) is 0.400. The number of rotatable bonds is 4. The maximum Gasteiger partial charge on any atom is 0.574 e. The van der Waals surface area contributed by atoms with Crippen molar-refractivity contribution in [3.8, 4) is 5.88 Å². The van der Waals surface area contributed by atoms with Gasteiger partial charge in [-0.3, -0.25) is 4.79 Å². The van der Waals surface area contributed by atoms with Gasteiger partial charge in [-0.2, -0.15) is 0 Å². The summed E-state index contributed by atoms with van der Waals surface area (Å²) in [7, 11) is 1.18. The first-order chi connectivity index (χ1) is 8.78. The predicted molar refractivity (Wildman–Crippen MR) is 58.9 cm³/mol. The third-order valence-electron chi connectivity index (χ3n) is 2.26. The molecule has 0 aliphatic rings. The zero-order valence-corrected chi connectivity index (χ0v) is 9.95. The molecule has 9 heteroatoms. The molecule has 0 aliphatic carbocycles. The van der Waals surface area contributed by atoms with Crippen LogP contribution in [0.4, 0.5) is 18.9 Å². The number of carbonyl (C=O) groups is 1. The summed E-state index contributed by atoms with van der Waals surface area (Å²) in [5.41, 5.74) is 11.0. The molecule has 0 amide bonds. The minimum atomic E-state index is -4.91. The van der Waals surface area contributed by atoms with Crippen molar-refractivity contribution in [3.05, 3.63) is 17.3 Å². The Kier molecular flexibility index (Phi) is 4.54. The predicted octanol–water partition coefficient (Wildman–Crippen LogP) is 0.737. The van der Waals surface area contributed by atoms with Crippen molar-refractivity contribution >= 4 is 11.7 Å². The van der Waals surface area contributed by atoms with E-state index in [4.69, 9.17) is 11.5 Å². The Balaban J connectivity index is 3.12. The number of nitrogen functional groups attached to an aromatic ring is 1. The smallest absolute Gasteiger partial charge is 0.469 e. The van der Waals surface area contributed by atoms with Crippen LogP contribution in [-0.2, 0) is 22.5 Å². The molecule has 6 nitrogen and oxygen atoms in total. The fourth-order valence-corrected chi connectivity index (χ4v) is 1.40. The summed E-state index contributed by atoms with van der Waals surface area (Å²) >= 11 is 0. The van der Waals surface area contributed by atoms with E-state index in [1.165, 1.54) is 7.11 Å². The van der Waals surface area contributed by atoms with Gasteiger partial charge in [0.1, 0.15) is 0 Å². The van der Waals surface area contributed by atoms with E-state index in [9.17, 15) is 18.0 Å². The standard InChI is InChI=1S/C10H12F3N3O3/c1-18-7(17)2-5-4-16-9(19-10(11,12)13)8(15)6(5)3-14/h4H,2-3,14-15H2,1H3. The number of pyridine rings is 1. The average molecular weight is 279 g/mol. The second kappa shape index (κ2) is 5.74. The number of halogens is 3. The van der Waals surface area contributed by atoms with E-state index in [0.29, 0.717) is 5.56 Å². The van der Waals surface area contributed by atoms with Gasteiger partial charge in [-0.15, -0.1) is 13.2 Å². The van der Waals surface area contributed by atoms with Crippen LogP contribution >= 0.6 is 0 Å². The molecular formula is C10H12F3N3O3. The van der Waals surface area contributed by atoms with Gasteiger partial charge in [0.15, 0.2) is 0 Å². The number of aromatic nitrogens is 1. The number of anilines is 1. The molecule has 0 bridgehead atoms. The van der Waals surface area contributed by atoms with Crippen LogP contribution in [0.5, 0.6) is 5.88 Å². The molecule has 19 heavy (non-hydrogen) atoms. The Morgan fingerprint density at radius 2 is 2.11 bits per heavy atom. The number of carbonyl (C=O) groups excluding carboxylic acids is 1. The van der Waals surface area contributed by atoms with E-state index in [1.807, 2.05) is 0 Å².